The maximum Gasteiger partial charge on any atom is 0.410 e. The van der Waals surface area contributed by atoms with Gasteiger partial charge in [0.1, 0.15) is 5.60 Å². The second-order valence-electron chi connectivity index (χ2n) is 6.48. The summed E-state index contributed by atoms with van der Waals surface area (Å²) in [5.41, 5.74) is 0.0176. The van der Waals surface area contributed by atoms with Gasteiger partial charge in [0.25, 0.3) is 5.56 Å². The molecule has 0 spiro atoms. The number of amides is 1. The molecule has 7 nitrogen and oxygen atoms in total. The Labute approximate surface area is 147 Å². The molecule has 0 atom stereocenters. The van der Waals surface area contributed by atoms with E-state index in [1.54, 1.807) is 25.0 Å². The van der Waals surface area contributed by atoms with Gasteiger partial charge in [0.2, 0.25) is 0 Å². The number of nitrogens with zero attached hydrogens (tertiary/aromatic N) is 3. The number of likely N-dealkylation sites (N-methyl/N-ethyl adjacent to an activating group) is 1. The molecule has 0 aliphatic heterocycles. The van der Waals surface area contributed by atoms with Crippen LogP contribution in [0.5, 0.6) is 0 Å². The molecule has 1 N–H and O–H groups in total. The number of ether oxygens (including phenoxy) is 1. The number of nitrogens with one attached hydrogen (secondary N) is 1. The predicted molar refractivity (Wildman–Crippen MR) is 98.8 cm³/mol. The number of anilines is 1. The Balaban J connectivity index is 2.43. The lowest BCUT2D eigenvalue weighted by Crippen LogP contribution is -2.36. The van der Waals surface area contributed by atoms with E-state index >= 15 is 0 Å². The highest BCUT2D eigenvalue weighted by Crippen LogP contribution is 2.09. The molecule has 0 radical (unpaired) electrons. The van der Waals surface area contributed by atoms with E-state index in [-0.39, 0.29) is 11.7 Å². The molecule has 1 heterocycles. The summed E-state index contributed by atoms with van der Waals surface area (Å²) in [6.07, 6.45) is 4.22. The molecule has 1 amide bonds. The zero-order valence-corrected chi connectivity index (χ0v) is 16.0. The Bertz CT molecular complexity index is 583. The maximum absolute atomic E-state index is 12.0. The van der Waals surface area contributed by atoms with Crippen molar-refractivity contribution < 1.29 is 9.53 Å². The quantitative estimate of drug-likeness (QED) is 0.720. The highest BCUT2D eigenvalue weighted by molar-refractivity contribution is 7.98. The number of thioether (sulfide) groups is 1. The summed E-state index contributed by atoms with van der Waals surface area (Å²) in [6, 6.07) is 1.53. The van der Waals surface area contributed by atoms with Crippen LogP contribution in [0.4, 0.5) is 10.5 Å². The Hall–Kier alpha value is -1.70. The highest BCUT2D eigenvalue weighted by Gasteiger charge is 2.19. The molecular weight excluding hydrogens is 328 g/mol. The number of carbonyl (C=O) groups excluding carboxylic acids is 1. The van der Waals surface area contributed by atoms with Crippen molar-refractivity contribution in [1.29, 1.82) is 0 Å². The fourth-order valence-electron chi connectivity index (χ4n) is 1.86. The van der Waals surface area contributed by atoms with Crippen molar-refractivity contribution in [2.75, 3.05) is 37.5 Å². The van der Waals surface area contributed by atoms with E-state index in [1.165, 1.54) is 15.6 Å². The smallest absolute Gasteiger partial charge is 0.410 e. The van der Waals surface area contributed by atoms with Gasteiger partial charge in [0, 0.05) is 32.7 Å². The monoisotopic (exact) mass is 356 g/mol. The van der Waals surface area contributed by atoms with Crippen molar-refractivity contribution in [1.82, 2.24) is 14.7 Å². The molecule has 0 aromatic carbocycles. The molecule has 136 valence electrons. The Morgan fingerprint density at radius 2 is 2.17 bits per heavy atom. The van der Waals surface area contributed by atoms with E-state index < -0.39 is 5.60 Å². The number of hydrogen-bond acceptors (Lipinski definition) is 6. The molecule has 0 fully saturated rings. The van der Waals surface area contributed by atoms with E-state index in [0.29, 0.717) is 25.3 Å². The van der Waals surface area contributed by atoms with E-state index in [4.69, 9.17) is 4.74 Å². The largest absolute Gasteiger partial charge is 0.444 e. The molecular formula is C16H28N4O3S. The van der Waals surface area contributed by atoms with Gasteiger partial charge < -0.3 is 15.0 Å². The Kier molecular flexibility index (Phi) is 8.10. The third-order valence-electron chi connectivity index (χ3n) is 3.07. The summed E-state index contributed by atoms with van der Waals surface area (Å²) in [6.45, 7) is 7.09. The normalized spacial score (nSPS) is 11.2. The molecule has 1 rings (SSSR count). The van der Waals surface area contributed by atoms with Crippen LogP contribution in [0.15, 0.2) is 17.1 Å². The van der Waals surface area contributed by atoms with Crippen LogP contribution >= 0.6 is 11.8 Å². The van der Waals surface area contributed by atoms with Crippen LogP contribution in [-0.2, 0) is 11.3 Å². The molecule has 8 heteroatoms. The van der Waals surface area contributed by atoms with Gasteiger partial charge in [-0.3, -0.25) is 4.79 Å². The summed E-state index contributed by atoms with van der Waals surface area (Å²) in [4.78, 5) is 25.3. The maximum atomic E-state index is 12.0. The molecule has 0 unspecified atom stereocenters. The third-order valence-corrected chi connectivity index (χ3v) is 3.77. The predicted octanol–water partition coefficient (Wildman–Crippen LogP) is 2.28. The molecule has 0 aliphatic carbocycles. The summed E-state index contributed by atoms with van der Waals surface area (Å²) in [5, 5.41) is 7.26. The first-order valence-electron chi connectivity index (χ1n) is 7.97. The van der Waals surface area contributed by atoms with Crippen molar-refractivity contribution in [2.24, 2.45) is 0 Å². The minimum atomic E-state index is -0.510. The highest BCUT2D eigenvalue weighted by atomic mass is 32.2. The average Bonchev–Trinajstić information content (AvgIpc) is 2.47. The van der Waals surface area contributed by atoms with E-state index in [9.17, 15) is 9.59 Å². The molecule has 0 bridgehead atoms. The van der Waals surface area contributed by atoms with Crippen LogP contribution in [0, 0.1) is 0 Å². The van der Waals surface area contributed by atoms with Crippen LogP contribution in [0.1, 0.15) is 27.2 Å². The van der Waals surface area contributed by atoms with Crippen LogP contribution < -0.4 is 10.9 Å². The lowest BCUT2D eigenvalue weighted by molar-refractivity contribution is 0.0305. The second-order valence-corrected chi connectivity index (χ2v) is 7.47. The van der Waals surface area contributed by atoms with Gasteiger partial charge in [0.05, 0.1) is 11.9 Å². The number of rotatable bonds is 8. The number of hydrogen-bond donors (Lipinski definition) is 1. The van der Waals surface area contributed by atoms with Gasteiger partial charge in [-0.15, -0.1) is 0 Å². The lowest BCUT2D eigenvalue weighted by atomic mass is 10.2. The number of aromatic nitrogens is 2. The molecule has 1 aromatic heterocycles. The summed E-state index contributed by atoms with van der Waals surface area (Å²) in [7, 11) is 1.68. The number of carbonyl (C=O) groups is 1. The van der Waals surface area contributed by atoms with Crippen molar-refractivity contribution in [3.8, 4) is 0 Å². The summed E-state index contributed by atoms with van der Waals surface area (Å²) < 4.78 is 6.74. The topological polar surface area (TPSA) is 76.5 Å². The van der Waals surface area contributed by atoms with Gasteiger partial charge >= 0.3 is 6.09 Å². The van der Waals surface area contributed by atoms with Gasteiger partial charge in [-0.05, 0) is 39.2 Å². The Morgan fingerprint density at radius 1 is 1.46 bits per heavy atom. The van der Waals surface area contributed by atoms with Crippen molar-refractivity contribution >= 4 is 23.5 Å². The molecule has 0 saturated carbocycles. The Morgan fingerprint density at radius 3 is 2.75 bits per heavy atom. The lowest BCUT2D eigenvalue weighted by Gasteiger charge is -2.24. The third kappa shape index (κ3) is 7.72. The minimum Gasteiger partial charge on any atom is -0.444 e. The van der Waals surface area contributed by atoms with Gasteiger partial charge in [-0.2, -0.15) is 16.9 Å². The average molecular weight is 356 g/mol. The van der Waals surface area contributed by atoms with Gasteiger partial charge in [-0.1, -0.05) is 0 Å². The van der Waals surface area contributed by atoms with Gasteiger partial charge in [0.15, 0.2) is 0 Å². The first-order chi connectivity index (χ1) is 11.2. The molecule has 0 saturated heterocycles. The zero-order chi connectivity index (χ0) is 18.2. The molecule has 1 aromatic rings. The molecule has 0 aliphatic rings. The van der Waals surface area contributed by atoms with Crippen molar-refractivity contribution in [2.45, 2.75) is 39.3 Å². The first kappa shape index (κ1) is 20.3. The molecule has 24 heavy (non-hydrogen) atoms. The van der Waals surface area contributed by atoms with E-state index in [2.05, 4.69) is 10.4 Å². The summed E-state index contributed by atoms with van der Waals surface area (Å²) in [5.74, 6) is 1.01. The van der Waals surface area contributed by atoms with Crippen LogP contribution in [-0.4, -0.2) is 58.5 Å². The van der Waals surface area contributed by atoms with Gasteiger partial charge in [-0.25, -0.2) is 9.48 Å². The summed E-state index contributed by atoms with van der Waals surface area (Å²) >= 11 is 1.75. The van der Waals surface area contributed by atoms with Crippen molar-refractivity contribution in [3.05, 3.63) is 22.6 Å². The van der Waals surface area contributed by atoms with Crippen molar-refractivity contribution in [3.63, 3.8) is 0 Å². The second kappa shape index (κ2) is 9.56. The minimum absolute atomic E-state index is 0.124. The fraction of sp³-hybridized carbons (Fsp3) is 0.688. The fourth-order valence-corrected chi connectivity index (χ4v) is 2.27. The van der Waals surface area contributed by atoms with Crippen LogP contribution in [0.3, 0.4) is 0 Å². The van der Waals surface area contributed by atoms with E-state index in [0.717, 1.165) is 12.2 Å². The number of aryl methyl sites for hydroxylation is 1. The SMILES string of the molecule is CSCCCn1ncc(NCCN(C)C(=O)OC(C)(C)C)cc1=O. The zero-order valence-electron chi connectivity index (χ0n) is 15.2. The van der Waals surface area contributed by atoms with Crippen LogP contribution in [0.2, 0.25) is 0 Å². The first-order valence-corrected chi connectivity index (χ1v) is 9.36. The standard InChI is InChI=1S/C16H28N4O3S/c1-16(2,3)23-15(22)19(4)9-7-17-13-11-14(21)20(18-12-13)8-6-10-24-5/h11-12,17H,6-10H2,1-5H3. The van der Waals surface area contributed by atoms with Crippen LogP contribution in [0.25, 0.3) is 0 Å². The van der Waals surface area contributed by atoms with E-state index in [1.807, 2.05) is 27.0 Å².